The number of benzene rings is 2. The molecule has 0 aromatic heterocycles. The average molecular weight is 402 g/mol. The third-order valence-electron chi connectivity index (χ3n) is 4.82. The largest absolute Gasteiger partial charge is 0.383 e. The molecule has 7 heteroatoms. The predicted molar refractivity (Wildman–Crippen MR) is 114 cm³/mol. The molecule has 0 saturated heterocycles. The van der Waals surface area contributed by atoms with Gasteiger partial charge in [0.15, 0.2) is 0 Å². The molecule has 0 bridgehead atoms. The highest BCUT2D eigenvalue weighted by Crippen LogP contribution is 2.22. The maximum atomic E-state index is 13.0. The summed E-state index contributed by atoms with van der Waals surface area (Å²) in [6, 6.07) is 18.8. The lowest BCUT2D eigenvalue weighted by Crippen LogP contribution is -2.25. The molecule has 0 atom stereocenters. The summed E-state index contributed by atoms with van der Waals surface area (Å²) < 4.78 is 8.27. The van der Waals surface area contributed by atoms with E-state index in [2.05, 4.69) is 10.4 Å². The second-order valence-corrected chi connectivity index (χ2v) is 6.89. The van der Waals surface area contributed by atoms with Crippen molar-refractivity contribution in [3.05, 3.63) is 94.5 Å². The van der Waals surface area contributed by atoms with Crippen molar-refractivity contribution in [2.75, 3.05) is 13.7 Å². The van der Waals surface area contributed by atoms with Gasteiger partial charge in [0, 0.05) is 32.6 Å². The van der Waals surface area contributed by atoms with Crippen LogP contribution in [0.2, 0.25) is 0 Å². The van der Waals surface area contributed by atoms with Crippen LogP contribution >= 0.6 is 0 Å². The number of hydrogen-bond donors (Lipinski definition) is 1. The van der Waals surface area contributed by atoms with Crippen LogP contribution in [0.5, 0.6) is 0 Å². The molecule has 1 amide bonds. The van der Waals surface area contributed by atoms with Crippen LogP contribution in [0.1, 0.15) is 15.9 Å². The topological polar surface area (TPSA) is 78.2 Å². The van der Waals surface area contributed by atoms with Crippen molar-refractivity contribution in [1.29, 1.82) is 0 Å². The Kier molecular flexibility index (Phi) is 5.72. The van der Waals surface area contributed by atoms with Crippen LogP contribution in [0.15, 0.2) is 77.9 Å². The van der Waals surface area contributed by atoms with Gasteiger partial charge in [-0.15, -0.1) is 0 Å². The zero-order valence-corrected chi connectivity index (χ0v) is 16.6. The summed E-state index contributed by atoms with van der Waals surface area (Å²) in [5.41, 5.74) is 2.50. The first-order valence-electron chi connectivity index (χ1n) is 9.66. The number of methoxy groups -OCH3 is 1. The third kappa shape index (κ3) is 4.01. The SMILES string of the molecule is COCCn1cc(C(=O)NCc2ccccc2)c2nn(-c3ccccc3)c(=O)c-2c1. The first-order chi connectivity index (χ1) is 14.7. The van der Waals surface area contributed by atoms with Crippen LogP contribution in [0, 0.1) is 0 Å². The summed E-state index contributed by atoms with van der Waals surface area (Å²) in [5.74, 6) is -0.284. The minimum absolute atomic E-state index is 0.264. The molecule has 0 unspecified atom stereocenters. The molecule has 2 aliphatic heterocycles. The van der Waals surface area contributed by atoms with E-state index in [1.54, 1.807) is 36.2 Å². The van der Waals surface area contributed by atoms with Crippen molar-refractivity contribution in [2.24, 2.45) is 0 Å². The van der Waals surface area contributed by atoms with E-state index in [1.807, 2.05) is 48.5 Å². The van der Waals surface area contributed by atoms with Gasteiger partial charge < -0.3 is 14.6 Å². The standard InChI is InChI=1S/C23H22N4O3/c1-30-13-12-26-15-19(22(28)24-14-17-8-4-2-5-9-17)21-20(16-26)23(29)27(25-21)18-10-6-3-7-11-18/h2-11,15-16H,12-14H2,1H3,(H,24,28). The molecule has 0 aliphatic carbocycles. The van der Waals surface area contributed by atoms with Gasteiger partial charge in [-0.25, -0.2) is 0 Å². The molecular formula is C23H22N4O3. The van der Waals surface area contributed by atoms with Crippen LogP contribution in [-0.4, -0.2) is 34.0 Å². The predicted octanol–water partition coefficient (Wildman–Crippen LogP) is 2.72. The van der Waals surface area contributed by atoms with Gasteiger partial charge in [-0.1, -0.05) is 48.5 Å². The van der Waals surface area contributed by atoms with E-state index in [0.717, 1.165) is 5.56 Å². The Morgan fingerprint density at radius 2 is 1.73 bits per heavy atom. The second kappa shape index (κ2) is 8.75. The quantitative estimate of drug-likeness (QED) is 0.516. The third-order valence-corrected chi connectivity index (χ3v) is 4.82. The lowest BCUT2D eigenvalue weighted by Gasteiger charge is -2.12. The first-order valence-corrected chi connectivity index (χ1v) is 9.66. The fraction of sp³-hybridized carbons (Fsp3) is 0.174. The number of pyridine rings is 1. The molecule has 7 nitrogen and oxygen atoms in total. The zero-order chi connectivity index (χ0) is 20.9. The Morgan fingerprint density at radius 3 is 2.43 bits per heavy atom. The molecule has 0 spiro atoms. The number of fused-ring (bicyclic) bond motifs is 1. The Morgan fingerprint density at radius 1 is 1.03 bits per heavy atom. The Labute approximate surface area is 173 Å². The molecular weight excluding hydrogens is 380 g/mol. The van der Waals surface area contributed by atoms with Gasteiger partial charge >= 0.3 is 0 Å². The van der Waals surface area contributed by atoms with Gasteiger partial charge in [0.2, 0.25) is 0 Å². The maximum absolute atomic E-state index is 13.0. The summed E-state index contributed by atoms with van der Waals surface area (Å²) in [4.78, 5) is 26.0. The molecule has 2 heterocycles. The van der Waals surface area contributed by atoms with Gasteiger partial charge in [-0.2, -0.15) is 9.78 Å². The number of carbonyl (C=O) groups is 1. The van der Waals surface area contributed by atoms with Gasteiger partial charge in [0.05, 0.1) is 23.4 Å². The monoisotopic (exact) mass is 402 g/mol. The average Bonchev–Trinajstić information content (AvgIpc) is 3.13. The van der Waals surface area contributed by atoms with Crippen molar-refractivity contribution in [2.45, 2.75) is 13.1 Å². The first kappa shape index (κ1) is 19.6. The molecule has 1 N–H and O–H groups in total. The molecule has 2 aliphatic rings. The smallest absolute Gasteiger partial charge is 0.282 e. The van der Waals surface area contributed by atoms with E-state index >= 15 is 0 Å². The molecule has 2 aromatic carbocycles. The van der Waals surface area contributed by atoms with Crippen molar-refractivity contribution in [3.63, 3.8) is 0 Å². The Bertz CT molecular complexity index is 1170. The van der Waals surface area contributed by atoms with Crippen LogP contribution in [0.3, 0.4) is 0 Å². The van der Waals surface area contributed by atoms with Crippen molar-refractivity contribution >= 4 is 5.91 Å². The highest BCUT2D eigenvalue weighted by atomic mass is 16.5. The number of carbonyl (C=O) groups excluding carboxylic acids is 1. The van der Waals surface area contributed by atoms with Gasteiger partial charge in [-0.05, 0) is 17.7 Å². The summed E-state index contributed by atoms with van der Waals surface area (Å²) in [6.07, 6.45) is 3.43. The van der Waals surface area contributed by atoms with Crippen LogP contribution < -0.4 is 10.9 Å². The molecule has 2 aromatic rings. The van der Waals surface area contributed by atoms with E-state index in [4.69, 9.17) is 4.74 Å². The van der Waals surface area contributed by atoms with Gasteiger partial charge in [0.1, 0.15) is 5.69 Å². The normalized spacial score (nSPS) is 11.0. The molecule has 152 valence electrons. The Balaban J connectivity index is 1.74. The van der Waals surface area contributed by atoms with E-state index in [-0.39, 0.29) is 11.5 Å². The minimum atomic E-state index is -0.284. The lowest BCUT2D eigenvalue weighted by molar-refractivity contribution is 0.0950. The summed E-state index contributed by atoms with van der Waals surface area (Å²) >= 11 is 0. The summed E-state index contributed by atoms with van der Waals surface area (Å²) in [6.45, 7) is 1.36. The molecule has 0 saturated carbocycles. The zero-order valence-electron chi connectivity index (χ0n) is 16.6. The van der Waals surface area contributed by atoms with E-state index in [0.29, 0.717) is 42.2 Å². The number of nitrogens with one attached hydrogen (secondary N) is 1. The fourth-order valence-corrected chi connectivity index (χ4v) is 3.27. The highest BCUT2D eigenvalue weighted by Gasteiger charge is 2.24. The maximum Gasteiger partial charge on any atom is 0.282 e. The highest BCUT2D eigenvalue weighted by molar-refractivity contribution is 5.99. The number of aromatic nitrogens is 3. The molecule has 30 heavy (non-hydrogen) atoms. The molecule has 0 fully saturated rings. The van der Waals surface area contributed by atoms with Crippen molar-refractivity contribution < 1.29 is 9.53 Å². The number of ether oxygens (including phenoxy) is 1. The van der Waals surface area contributed by atoms with E-state index < -0.39 is 0 Å². The number of para-hydroxylation sites is 1. The summed E-state index contributed by atoms with van der Waals surface area (Å²) in [5, 5.41) is 7.40. The Hall–Kier alpha value is -3.71. The summed E-state index contributed by atoms with van der Waals surface area (Å²) in [7, 11) is 1.61. The van der Waals surface area contributed by atoms with Gasteiger partial charge in [-0.3, -0.25) is 9.59 Å². The van der Waals surface area contributed by atoms with Crippen molar-refractivity contribution in [3.8, 4) is 16.9 Å². The number of amides is 1. The van der Waals surface area contributed by atoms with Gasteiger partial charge in [0.25, 0.3) is 11.5 Å². The van der Waals surface area contributed by atoms with Crippen LogP contribution in [0.25, 0.3) is 16.9 Å². The number of hydrogen-bond acceptors (Lipinski definition) is 4. The molecule has 4 rings (SSSR count). The lowest BCUT2D eigenvalue weighted by atomic mass is 10.1. The minimum Gasteiger partial charge on any atom is -0.383 e. The number of nitrogens with zero attached hydrogens (tertiary/aromatic N) is 3. The molecule has 0 radical (unpaired) electrons. The fourth-order valence-electron chi connectivity index (χ4n) is 3.27. The van der Waals surface area contributed by atoms with E-state index in [9.17, 15) is 9.59 Å². The van der Waals surface area contributed by atoms with Crippen LogP contribution in [0.4, 0.5) is 0 Å². The number of rotatable bonds is 7. The van der Waals surface area contributed by atoms with E-state index in [1.165, 1.54) is 4.68 Å². The van der Waals surface area contributed by atoms with Crippen LogP contribution in [-0.2, 0) is 17.8 Å². The second-order valence-electron chi connectivity index (χ2n) is 6.89. The van der Waals surface area contributed by atoms with Crippen molar-refractivity contribution in [1.82, 2.24) is 19.7 Å².